The van der Waals surface area contributed by atoms with Gasteiger partial charge in [-0.2, -0.15) is 0 Å². The number of nitrogens with zero attached hydrogens (tertiary/aromatic N) is 1. The molecule has 0 fully saturated rings. The summed E-state index contributed by atoms with van der Waals surface area (Å²) in [5.41, 5.74) is 2.45. The zero-order valence-electron chi connectivity index (χ0n) is 14.7. The number of nitrogens with one attached hydrogen (secondary N) is 1. The Kier molecular flexibility index (Phi) is 6.15. The molecule has 0 radical (unpaired) electrons. The van der Waals surface area contributed by atoms with E-state index >= 15 is 0 Å². The summed E-state index contributed by atoms with van der Waals surface area (Å²) in [4.78, 5) is 28.1. The number of hydrogen-bond acceptors (Lipinski definition) is 3. The van der Waals surface area contributed by atoms with Crippen molar-refractivity contribution in [1.29, 1.82) is 0 Å². The molecule has 0 unspecified atom stereocenters. The van der Waals surface area contributed by atoms with Gasteiger partial charge in [-0.3, -0.25) is 9.59 Å². The minimum absolute atomic E-state index is 0.0827. The third kappa shape index (κ3) is 4.23. The molecule has 128 valence electrons. The van der Waals surface area contributed by atoms with E-state index in [9.17, 15) is 9.59 Å². The van der Waals surface area contributed by atoms with Crippen molar-refractivity contribution in [2.45, 2.75) is 33.1 Å². The first-order valence-electron chi connectivity index (χ1n) is 8.20. The Morgan fingerprint density at radius 3 is 2.54 bits per heavy atom. The van der Waals surface area contributed by atoms with E-state index in [0.29, 0.717) is 11.3 Å². The van der Waals surface area contributed by atoms with Crippen molar-refractivity contribution in [3.8, 4) is 0 Å². The molecule has 24 heavy (non-hydrogen) atoms. The summed E-state index contributed by atoms with van der Waals surface area (Å²) in [6.07, 6.45) is 3.02. The van der Waals surface area contributed by atoms with E-state index in [2.05, 4.69) is 19.2 Å². The van der Waals surface area contributed by atoms with Gasteiger partial charge in [-0.1, -0.05) is 26.3 Å². The molecule has 0 aliphatic rings. The molecule has 0 aliphatic heterocycles. The number of anilines is 1. The van der Waals surface area contributed by atoms with Gasteiger partial charge in [-0.15, -0.1) is 11.3 Å². The molecule has 4 nitrogen and oxygen atoms in total. The Bertz CT molecular complexity index is 735. The molecule has 0 saturated heterocycles. The number of amides is 2. The van der Waals surface area contributed by atoms with E-state index in [0.717, 1.165) is 24.1 Å². The molecule has 1 aromatic carbocycles. The Labute approximate surface area is 147 Å². The lowest BCUT2D eigenvalue weighted by Crippen LogP contribution is -2.21. The molecular weight excluding hydrogens is 320 g/mol. The van der Waals surface area contributed by atoms with E-state index in [4.69, 9.17) is 0 Å². The fraction of sp³-hybridized carbons (Fsp3) is 0.368. The molecule has 0 aliphatic carbocycles. The van der Waals surface area contributed by atoms with Crippen molar-refractivity contribution in [1.82, 2.24) is 4.90 Å². The summed E-state index contributed by atoms with van der Waals surface area (Å²) >= 11 is 1.56. The molecule has 1 heterocycles. The molecule has 0 atom stereocenters. The Morgan fingerprint density at radius 2 is 1.92 bits per heavy atom. The van der Waals surface area contributed by atoms with Gasteiger partial charge in [-0.25, -0.2) is 0 Å². The fourth-order valence-electron chi connectivity index (χ4n) is 2.50. The van der Waals surface area contributed by atoms with Crippen molar-refractivity contribution in [2.24, 2.45) is 0 Å². The van der Waals surface area contributed by atoms with Gasteiger partial charge in [0.25, 0.3) is 11.8 Å². The normalized spacial score (nSPS) is 10.5. The number of aryl methyl sites for hydroxylation is 2. The standard InChI is InChI=1S/C19H24N2O2S/c1-5-8-16-13(6-2)12-17(24-16)18(22)20-15-10-7-9-14(11-15)19(23)21(3)4/h7,9-12H,5-6,8H2,1-4H3,(H,20,22). The highest BCUT2D eigenvalue weighted by Gasteiger charge is 2.15. The molecule has 5 heteroatoms. The molecule has 0 spiro atoms. The van der Waals surface area contributed by atoms with Crippen LogP contribution in [0.5, 0.6) is 0 Å². The molecule has 2 amide bonds. The highest BCUT2D eigenvalue weighted by atomic mass is 32.1. The third-order valence-corrected chi connectivity index (χ3v) is 4.99. The van der Waals surface area contributed by atoms with Crippen LogP contribution >= 0.6 is 11.3 Å². The third-order valence-electron chi connectivity index (χ3n) is 3.75. The number of hydrogen-bond donors (Lipinski definition) is 1. The average Bonchev–Trinajstić information content (AvgIpc) is 2.98. The maximum atomic E-state index is 12.5. The van der Waals surface area contributed by atoms with Gasteiger partial charge < -0.3 is 10.2 Å². The van der Waals surface area contributed by atoms with Crippen LogP contribution in [0.3, 0.4) is 0 Å². The topological polar surface area (TPSA) is 49.4 Å². The van der Waals surface area contributed by atoms with Gasteiger partial charge in [0.15, 0.2) is 0 Å². The highest BCUT2D eigenvalue weighted by molar-refractivity contribution is 7.14. The van der Waals surface area contributed by atoms with Gasteiger partial charge in [-0.05, 0) is 42.7 Å². The Morgan fingerprint density at radius 1 is 1.17 bits per heavy atom. The maximum Gasteiger partial charge on any atom is 0.265 e. The van der Waals surface area contributed by atoms with Crippen molar-refractivity contribution < 1.29 is 9.59 Å². The quantitative estimate of drug-likeness (QED) is 0.853. The van der Waals surface area contributed by atoms with Crippen LogP contribution in [-0.2, 0) is 12.8 Å². The van der Waals surface area contributed by atoms with Gasteiger partial charge in [0.05, 0.1) is 4.88 Å². The minimum Gasteiger partial charge on any atom is -0.345 e. The lowest BCUT2D eigenvalue weighted by molar-refractivity contribution is 0.0827. The zero-order valence-corrected chi connectivity index (χ0v) is 15.5. The summed E-state index contributed by atoms with van der Waals surface area (Å²) in [5.74, 6) is -0.202. The Balaban J connectivity index is 2.18. The second-order valence-electron chi connectivity index (χ2n) is 5.90. The van der Waals surface area contributed by atoms with Crippen LogP contribution in [0, 0.1) is 0 Å². The number of rotatable bonds is 6. The summed E-state index contributed by atoms with van der Waals surface area (Å²) in [7, 11) is 3.42. The average molecular weight is 344 g/mol. The van der Waals surface area contributed by atoms with Gasteiger partial charge in [0.2, 0.25) is 0 Å². The predicted octanol–water partition coefficient (Wildman–Crippen LogP) is 4.22. The van der Waals surface area contributed by atoms with E-state index < -0.39 is 0 Å². The first-order chi connectivity index (χ1) is 11.5. The first-order valence-corrected chi connectivity index (χ1v) is 9.02. The molecular formula is C19H24N2O2S. The molecule has 0 saturated carbocycles. The Hall–Kier alpha value is -2.14. The van der Waals surface area contributed by atoms with Crippen molar-refractivity contribution >= 4 is 28.8 Å². The lowest BCUT2D eigenvalue weighted by Gasteiger charge is -2.11. The zero-order chi connectivity index (χ0) is 17.7. The van der Waals surface area contributed by atoms with Gasteiger partial charge in [0.1, 0.15) is 0 Å². The van der Waals surface area contributed by atoms with Crippen LogP contribution in [0.4, 0.5) is 5.69 Å². The smallest absolute Gasteiger partial charge is 0.265 e. The summed E-state index contributed by atoms with van der Waals surface area (Å²) in [6.45, 7) is 4.26. The van der Waals surface area contributed by atoms with Crippen LogP contribution in [0.25, 0.3) is 0 Å². The molecule has 0 bridgehead atoms. The molecule has 2 rings (SSSR count). The monoisotopic (exact) mass is 344 g/mol. The van der Waals surface area contributed by atoms with Gasteiger partial charge >= 0.3 is 0 Å². The van der Waals surface area contributed by atoms with Crippen LogP contribution in [0.15, 0.2) is 30.3 Å². The summed E-state index contributed by atoms with van der Waals surface area (Å²) in [6, 6.07) is 9.02. The second kappa shape index (κ2) is 8.11. The molecule has 1 aromatic heterocycles. The number of carbonyl (C=O) groups excluding carboxylic acids is 2. The van der Waals surface area contributed by atoms with Gasteiger partial charge in [0, 0.05) is 30.2 Å². The number of thiophene rings is 1. The highest BCUT2D eigenvalue weighted by Crippen LogP contribution is 2.25. The van der Waals surface area contributed by atoms with E-state index in [1.807, 2.05) is 6.07 Å². The predicted molar refractivity (Wildman–Crippen MR) is 100 cm³/mol. The second-order valence-corrected chi connectivity index (χ2v) is 7.03. The lowest BCUT2D eigenvalue weighted by atomic mass is 10.1. The van der Waals surface area contributed by atoms with Crippen molar-refractivity contribution in [3.63, 3.8) is 0 Å². The first kappa shape index (κ1) is 18.2. The largest absolute Gasteiger partial charge is 0.345 e. The summed E-state index contributed by atoms with van der Waals surface area (Å²) < 4.78 is 0. The van der Waals surface area contributed by atoms with E-state index in [1.54, 1.807) is 49.7 Å². The van der Waals surface area contributed by atoms with E-state index in [1.165, 1.54) is 15.3 Å². The van der Waals surface area contributed by atoms with E-state index in [-0.39, 0.29) is 11.8 Å². The van der Waals surface area contributed by atoms with Crippen molar-refractivity contribution in [2.75, 3.05) is 19.4 Å². The van der Waals surface area contributed by atoms with Crippen LogP contribution < -0.4 is 5.32 Å². The number of benzene rings is 1. The SMILES string of the molecule is CCCc1sc(C(=O)Nc2cccc(C(=O)N(C)C)c2)cc1CC. The van der Waals surface area contributed by atoms with Crippen LogP contribution in [0.2, 0.25) is 0 Å². The molecule has 2 aromatic rings. The minimum atomic E-state index is -0.119. The summed E-state index contributed by atoms with van der Waals surface area (Å²) in [5, 5.41) is 2.90. The van der Waals surface area contributed by atoms with Crippen LogP contribution in [0.1, 0.15) is 50.7 Å². The maximum absolute atomic E-state index is 12.5. The fourth-order valence-corrected chi connectivity index (χ4v) is 3.75. The van der Waals surface area contributed by atoms with Crippen LogP contribution in [-0.4, -0.2) is 30.8 Å². The van der Waals surface area contributed by atoms with Crippen molar-refractivity contribution in [3.05, 3.63) is 51.2 Å². The number of carbonyl (C=O) groups is 2. The molecule has 1 N–H and O–H groups in total.